The maximum absolute atomic E-state index is 5.91. The number of hydrogen-bond acceptors (Lipinski definition) is 6. The number of aliphatic imine (C=N–C) groups is 1. The van der Waals surface area contributed by atoms with E-state index >= 15 is 0 Å². The van der Waals surface area contributed by atoms with Crippen LogP contribution in [0.25, 0.3) is 0 Å². The third-order valence-corrected chi connectivity index (χ3v) is 3.44. The Labute approximate surface area is 123 Å². The van der Waals surface area contributed by atoms with Crippen molar-refractivity contribution in [2.75, 3.05) is 0 Å². The second-order valence-corrected chi connectivity index (χ2v) is 5.36. The fourth-order valence-electron chi connectivity index (χ4n) is 1.53. The van der Waals surface area contributed by atoms with E-state index in [9.17, 15) is 0 Å². The number of benzene rings is 1. The summed E-state index contributed by atoms with van der Waals surface area (Å²) >= 11 is 7.32. The number of nitrogens with zero attached hydrogens (tertiary/aromatic N) is 6. The Morgan fingerprint density at radius 1 is 1.35 bits per heavy atom. The van der Waals surface area contributed by atoms with Crippen LogP contribution in [-0.2, 0) is 6.54 Å². The number of halogens is 1. The Kier molecular flexibility index (Phi) is 3.80. The Morgan fingerprint density at radius 2 is 2.30 bits per heavy atom. The highest BCUT2D eigenvalue weighted by Crippen LogP contribution is 2.19. The minimum Gasteiger partial charge on any atom is -0.246 e. The van der Waals surface area contributed by atoms with Gasteiger partial charge in [-0.2, -0.15) is 5.10 Å². The Morgan fingerprint density at radius 3 is 3.10 bits per heavy atom. The molecule has 0 amide bonds. The summed E-state index contributed by atoms with van der Waals surface area (Å²) in [5.74, 6) is 0. The number of aromatic nitrogens is 5. The molecule has 0 aliphatic carbocycles. The highest BCUT2D eigenvalue weighted by molar-refractivity contribution is 7.14. The van der Waals surface area contributed by atoms with Crippen LogP contribution in [0.3, 0.4) is 0 Å². The lowest BCUT2D eigenvalue weighted by molar-refractivity contribution is 0.675. The Hall–Kier alpha value is -2.12. The molecule has 100 valence electrons. The highest BCUT2D eigenvalue weighted by atomic mass is 35.5. The molecule has 2 heterocycles. The molecule has 0 atom stereocenters. The SMILES string of the molecule is Clc1cccc(/C=N/c2nnc(Cn3cncn3)s2)c1. The molecule has 2 aromatic heterocycles. The zero-order valence-electron chi connectivity index (χ0n) is 10.2. The van der Waals surface area contributed by atoms with Crippen LogP contribution >= 0.6 is 22.9 Å². The number of hydrogen-bond donors (Lipinski definition) is 0. The molecule has 3 rings (SSSR count). The van der Waals surface area contributed by atoms with Crippen molar-refractivity contribution in [3.63, 3.8) is 0 Å². The summed E-state index contributed by atoms with van der Waals surface area (Å²) in [6.45, 7) is 0.546. The van der Waals surface area contributed by atoms with Crippen molar-refractivity contribution >= 4 is 34.3 Å². The Balaban J connectivity index is 1.71. The van der Waals surface area contributed by atoms with Gasteiger partial charge in [0.25, 0.3) is 0 Å². The van der Waals surface area contributed by atoms with Gasteiger partial charge in [-0.25, -0.2) is 14.7 Å². The molecule has 0 N–H and O–H groups in total. The molecule has 6 nitrogen and oxygen atoms in total. The van der Waals surface area contributed by atoms with Gasteiger partial charge in [-0.15, -0.1) is 10.2 Å². The van der Waals surface area contributed by atoms with Crippen LogP contribution in [0.2, 0.25) is 5.02 Å². The van der Waals surface area contributed by atoms with Gasteiger partial charge in [0.15, 0.2) is 0 Å². The zero-order valence-corrected chi connectivity index (χ0v) is 11.8. The van der Waals surface area contributed by atoms with Gasteiger partial charge < -0.3 is 0 Å². The average Bonchev–Trinajstić information content (AvgIpc) is 3.09. The van der Waals surface area contributed by atoms with Crippen molar-refractivity contribution < 1.29 is 0 Å². The zero-order chi connectivity index (χ0) is 13.8. The van der Waals surface area contributed by atoms with Crippen LogP contribution < -0.4 is 0 Å². The molecule has 1 aromatic carbocycles. The fraction of sp³-hybridized carbons (Fsp3) is 0.0833. The van der Waals surface area contributed by atoms with Crippen LogP contribution in [0, 0.1) is 0 Å². The molecular formula is C12H9ClN6S. The van der Waals surface area contributed by atoms with Crippen LogP contribution in [0.5, 0.6) is 0 Å². The van der Waals surface area contributed by atoms with E-state index < -0.39 is 0 Å². The third kappa shape index (κ3) is 3.25. The van der Waals surface area contributed by atoms with E-state index in [1.165, 1.54) is 17.7 Å². The van der Waals surface area contributed by atoms with E-state index in [0.29, 0.717) is 16.7 Å². The molecule has 0 spiro atoms. The van der Waals surface area contributed by atoms with Gasteiger partial charge in [-0.1, -0.05) is 35.1 Å². The van der Waals surface area contributed by atoms with Crippen molar-refractivity contribution in [1.29, 1.82) is 0 Å². The van der Waals surface area contributed by atoms with Gasteiger partial charge in [0.1, 0.15) is 17.7 Å². The number of rotatable bonds is 4. The van der Waals surface area contributed by atoms with Crippen molar-refractivity contribution in [3.8, 4) is 0 Å². The van der Waals surface area contributed by atoms with Gasteiger partial charge in [-0.3, -0.25) is 0 Å². The predicted octanol–water partition coefficient (Wildman–Crippen LogP) is 2.58. The first-order valence-electron chi connectivity index (χ1n) is 5.74. The van der Waals surface area contributed by atoms with Crippen LogP contribution in [0.4, 0.5) is 5.13 Å². The smallest absolute Gasteiger partial charge is 0.231 e. The molecule has 0 radical (unpaired) electrons. The maximum atomic E-state index is 5.91. The quantitative estimate of drug-likeness (QED) is 0.695. The fourth-order valence-corrected chi connectivity index (χ4v) is 2.41. The molecule has 3 aromatic rings. The molecule has 0 aliphatic heterocycles. The van der Waals surface area contributed by atoms with E-state index in [2.05, 4.69) is 25.3 Å². The monoisotopic (exact) mass is 304 g/mol. The van der Waals surface area contributed by atoms with Crippen molar-refractivity contribution in [2.45, 2.75) is 6.54 Å². The van der Waals surface area contributed by atoms with Gasteiger partial charge in [0.05, 0.1) is 6.54 Å². The summed E-state index contributed by atoms with van der Waals surface area (Å²) < 4.78 is 1.69. The van der Waals surface area contributed by atoms with Crippen molar-refractivity contribution in [1.82, 2.24) is 25.0 Å². The summed E-state index contributed by atoms with van der Waals surface area (Å²) in [5.41, 5.74) is 0.922. The normalized spacial score (nSPS) is 11.2. The highest BCUT2D eigenvalue weighted by Gasteiger charge is 2.03. The van der Waals surface area contributed by atoms with Crippen LogP contribution in [-0.4, -0.2) is 31.2 Å². The van der Waals surface area contributed by atoms with E-state index in [4.69, 9.17) is 11.6 Å². The third-order valence-electron chi connectivity index (χ3n) is 2.39. The molecule has 20 heavy (non-hydrogen) atoms. The minimum atomic E-state index is 0.546. The van der Waals surface area contributed by atoms with Crippen molar-refractivity contribution in [3.05, 3.63) is 52.5 Å². The molecule has 0 saturated heterocycles. The first kappa shape index (κ1) is 12.9. The summed E-state index contributed by atoms with van der Waals surface area (Å²) in [7, 11) is 0. The van der Waals surface area contributed by atoms with E-state index in [-0.39, 0.29) is 0 Å². The first-order valence-corrected chi connectivity index (χ1v) is 6.93. The molecule has 0 aliphatic rings. The lowest BCUT2D eigenvalue weighted by atomic mass is 10.2. The van der Waals surface area contributed by atoms with E-state index in [0.717, 1.165) is 10.6 Å². The van der Waals surface area contributed by atoms with E-state index in [1.807, 2.05) is 24.3 Å². The largest absolute Gasteiger partial charge is 0.246 e. The molecular weight excluding hydrogens is 296 g/mol. The summed E-state index contributed by atoms with van der Waals surface area (Å²) in [5, 5.41) is 14.2. The maximum Gasteiger partial charge on any atom is 0.231 e. The molecule has 0 fully saturated rings. The second-order valence-electron chi connectivity index (χ2n) is 3.88. The van der Waals surface area contributed by atoms with Gasteiger partial charge in [0.2, 0.25) is 5.13 Å². The first-order chi connectivity index (χ1) is 9.79. The minimum absolute atomic E-state index is 0.546. The van der Waals surface area contributed by atoms with E-state index in [1.54, 1.807) is 17.2 Å². The Bertz CT molecular complexity index is 721. The molecule has 0 unspecified atom stereocenters. The van der Waals surface area contributed by atoms with Gasteiger partial charge >= 0.3 is 0 Å². The lowest BCUT2D eigenvalue weighted by Gasteiger charge is -1.93. The predicted molar refractivity (Wildman–Crippen MR) is 77.7 cm³/mol. The van der Waals surface area contributed by atoms with Crippen LogP contribution in [0.1, 0.15) is 10.6 Å². The molecule has 0 saturated carbocycles. The summed E-state index contributed by atoms with van der Waals surface area (Å²) in [6.07, 6.45) is 4.83. The lowest BCUT2D eigenvalue weighted by Crippen LogP contribution is -1.99. The van der Waals surface area contributed by atoms with Crippen molar-refractivity contribution in [2.24, 2.45) is 4.99 Å². The average molecular weight is 305 g/mol. The van der Waals surface area contributed by atoms with Gasteiger partial charge in [-0.05, 0) is 17.7 Å². The molecule has 8 heteroatoms. The summed E-state index contributed by atoms with van der Waals surface area (Å²) in [6, 6.07) is 7.45. The van der Waals surface area contributed by atoms with Gasteiger partial charge in [0, 0.05) is 11.2 Å². The molecule has 0 bridgehead atoms. The standard InChI is InChI=1S/C12H9ClN6S/c13-10-3-1-2-9(4-10)5-15-12-18-17-11(20-12)6-19-8-14-7-16-19/h1-5,7-8H,6H2/b15-5+. The second kappa shape index (κ2) is 5.89. The van der Waals surface area contributed by atoms with Crippen LogP contribution in [0.15, 0.2) is 41.9 Å². The summed E-state index contributed by atoms with van der Waals surface area (Å²) in [4.78, 5) is 8.16. The topological polar surface area (TPSA) is 68.8 Å².